The first-order valence-corrected chi connectivity index (χ1v) is 12.3. The van der Waals surface area contributed by atoms with Gasteiger partial charge in [0, 0.05) is 40.8 Å². The second-order valence-corrected chi connectivity index (χ2v) is 9.26. The van der Waals surface area contributed by atoms with Crippen molar-refractivity contribution in [2.24, 2.45) is 0 Å². The number of nitrogens with zero attached hydrogens (tertiary/aromatic N) is 4. The molecule has 1 aromatic carbocycles. The van der Waals surface area contributed by atoms with Crippen molar-refractivity contribution in [3.8, 4) is 22.8 Å². The van der Waals surface area contributed by atoms with Gasteiger partial charge in [0.25, 0.3) is 12.0 Å². The number of H-pyrrole nitrogens is 1. The second kappa shape index (κ2) is 10.6. The fourth-order valence-electron chi connectivity index (χ4n) is 4.64. The van der Waals surface area contributed by atoms with E-state index in [4.69, 9.17) is 14.5 Å². The largest absolute Gasteiger partial charge is 0.496 e. The van der Waals surface area contributed by atoms with Crippen molar-refractivity contribution in [2.75, 3.05) is 7.11 Å². The van der Waals surface area contributed by atoms with Crippen LogP contribution in [0.5, 0.6) is 11.5 Å². The summed E-state index contributed by atoms with van der Waals surface area (Å²) in [6.45, 7) is 5.73. The Morgan fingerprint density at radius 1 is 1.03 bits per heavy atom. The van der Waals surface area contributed by atoms with E-state index in [0.717, 1.165) is 34.0 Å². The van der Waals surface area contributed by atoms with Crippen LogP contribution in [0.4, 0.5) is 8.78 Å². The molecule has 0 spiro atoms. The number of ether oxygens (including phenoxy) is 2. The highest BCUT2D eigenvalue weighted by Crippen LogP contribution is 2.34. The molecule has 0 unspecified atom stereocenters. The molecule has 39 heavy (non-hydrogen) atoms. The van der Waals surface area contributed by atoms with Crippen molar-refractivity contribution in [1.29, 1.82) is 0 Å². The molecule has 0 saturated carbocycles. The van der Waals surface area contributed by atoms with Crippen molar-refractivity contribution >= 4 is 10.9 Å². The van der Waals surface area contributed by atoms with Crippen molar-refractivity contribution in [1.82, 2.24) is 24.7 Å². The maximum atomic E-state index is 13.3. The predicted molar refractivity (Wildman–Crippen MR) is 143 cm³/mol. The number of para-hydroxylation sites is 1. The van der Waals surface area contributed by atoms with Crippen LogP contribution in [0.25, 0.3) is 22.2 Å². The molecule has 0 radical (unpaired) electrons. The number of hydrogen-bond acceptors (Lipinski definition) is 6. The van der Waals surface area contributed by atoms with Crippen molar-refractivity contribution in [3.63, 3.8) is 0 Å². The Hall–Kier alpha value is -4.60. The Balaban J connectivity index is 1.54. The summed E-state index contributed by atoms with van der Waals surface area (Å²) in [6.07, 6.45) is 0.438. The van der Waals surface area contributed by atoms with E-state index in [-0.39, 0.29) is 13.2 Å². The van der Waals surface area contributed by atoms with Gasteiger partial charge in [0.2, 0.25) is 0 Å². The average molecular weight is 532 g/mol. The average Bonchev–Trinajstić information content (AvgIpc) is 3.34. The zero-order valence-electron chi connectivity index (χ0n) is 22.0. The number of alkyl halides is 2. The minimum atomic E-state index is -2.87. The number of benzene rings is 1. The van der Waals surface area contributed by atoms with Crippen LogP contribution in [0.2, 0.25) is 0 Å². The van der Waals surface area contributed by atoms with Crippen LogP contribution in [0, 0.1) is 20.8 Å². The highest BCUT2D eigenvalue weighted by molar-refractivity contribution is 5.97. The smallest absolute Gasteiger partial charge is 0.269 e. The van der Waals surface area contributed by atoms with Gasteiger partial charge in [-0.05, 0) is 50.6 Å². The molecule has 0 fully saturated rings. The predicted octanol–water partition coefficient (Wildman–Crippen LogP) is 5.68. The molecular formula is C29H27F2N5O3. The lowest BCUT2D eigenvalue weighted by Gasteiger charge is -2.17. The van der Waals surface area contributed by atoms with Crippen LogP contribution in [0.3, 0.4) is 0 Å². The van der Waals surface area contributed by atoms with Crippen LogP contribution in [0.15, 0.2) is 59.7 Å². The minimum absolute atomic E-state index is 0.0222. The highest BCUT2D eigenvalue weighted by atomic mass is 19.3. The van der Waals surface area contributed by atoms with Crippen molar-refractivity contribution < 1.29 is 18.3 Å². The van der Waals surface area contributed by atoms with Crippen molar-refractivity contribution in [3.05, 3.63) is 99.0 Å². The van der Waals surface area contributed by atoms with Gasteiger partial charge in [0.15, 0.2) is 0 Å². The SMILES string of the molecule is COc1cc(C)nc(Cn2cccc(C(F)F)c2=O)c1COc1cccc2c(-c3n[nH]cc3C)cc(C)nc12. The fourth-order valence-corrected chi connectivity index (χ4v) is 4.64. The Morgan fingerprint density at radius 2 is 1.82 bits per heavy atom. The maximum Gasteiger partial charge on any atom is 0.269 e. The number of fused-ring (bicyclic) bond motifs is 1. The van der Waals surface area contributed by atoms with E-state index >= 15 is 0 Å². The normalized spacial score (nSPS) is 11.4. The number of nitrogens with one attached hydrogen (secondary N) is 1. The van der Waals surface area contributed by atoms with E-state index in [1.54, 1.807) is 13.0 Å². The zero-order chi connectivity index (χ0) is 27.7. The molecule has 4 aromatic heterocycles. The van der Waals surface area contributed by atoms with Crippen LogP contribution in [0.1, 0.15) is 40.2 Å². The first-order valence-electron chi connectivity index (χ1n) is 12.3. The molecule has 1 N–H and O–H groups in total. The van der Waals surface area contributed by atoms with Gasteiger partial charge in [-0.3, -0.25) is 14.9 Å². The lowest BCUT2D eigenvalue weighted by Crippen LogP contribution is -2.25. The summed E-state index contributed by atoms with van der Waals surface area (Å²) in [4.78, 5) is 22.0. The summed E-state index contributed by atoms with van der Waals surface area (Å²) in [5.74, 6) is 1.07. The van der Waals surface area contributed by atoms with Crippen LogP contribution in [-0.2, 0) is 13.2 Å². The third kappa shape index (κ3) is 5.09. The minimum Gasteiger partial charge on any atom is -0.496 e. The zero-order valence-corrected chi connectivity index (χ0v) is 22.0. The fraction of sp³-hybridized carbons (Fsp3) is 0.241. The van der Waals surface area contributed by atoms with Gasteiger partial charge in [-0.15, -0.1) is 0 Å². The second-order valence-electron chi connectivity index (χ2n) is 9.26. The van der Waals surface area contributed by atoms with Crippen molar-refractivity contribution in [2.45, 2.75) is 40.3 Å². The highest BCUT2D eigenvalue weighted by Gasteiger charge is 2.19. The molecule has 4 heterocycles. The first-order chi connectivity index (χ1) is 18.8. The maximum absolute atomic E-state index is 13.3. The number of aromatic amines is 1. The van der Waals surface area contributed by atoms with Gasteiger partial charge >= 0.3 is 0 Å². The van der Waals surface area contributed by atoms with E-state index in [9.17, 15) is 13.6 Å². The van der Waals surface area contributed by atoms with E-state index in [1.807, 2.05) is 44.3 Å². The summed E-state index contributed by atoms with van der Waals surface area (Å²) >= 11 is 0. The number of rotatable bonds is 8. The topological polar surface area (TPSA) is 94.9 Å². The van der Waals surface area contributed by atoms with E-state index in [1.165, 1.54) is 23.9 Å². The number of hydrogen-bond donors (Lipinski definition) is 1. The van der Waals surface area contributed by atoms with Crippen LogP contribution >= 0.6 is 0 Å². The monoisotopic (exact) mass is 531 g/mol. The van der Waals surface area contributed by atoms with E-state index < -0.39 is 17.5 Å². The molecule has 5 rings (SSSR count). The third-order valence-electron chi connectivity index (χ3n) is 6.51. The molecule has 0 aliphatic rings. The molecule has 0 atom stereocenters. The lowest BCUT2D eigenvalue weighted by atomic mass is 10.0. The van der Waals surface area contributed by atoms with Gasteiger partial charge in [-0.2, -0.15) is 5.10 Å². The van der Waals surface area contributed by atoms with E-state index in [2.05, 4.69) is 15.2 Å². The van der Waals surface area contributed by atoms with Crippen LogP contribution < -0.4 is 15.0 Å². The lowest BCUT2D eigenvalue weighted by molar-refractivity contribution is 0.149. The summed E-state index contributed by atoms with van der Waals surface area (Å²) in [5.41, 5.74) is 4.70. The number of aromatic nitrogens is 5. The molecule has 0 aliphatic heterocycles. The molecule has 200 valence electrons. The Kier molecular flexibility index (Phi) is 7.10. The molecule has 8 nitrogen and oxygen atoms in total. The number of methoxy groups -OCH3 is 1. The summed E-state index contributed by atoms with van der Waals surface area (Å²) in [6, 6.07) is 12.0. The third-order valence-corrected chi connectivity index (χ3v) is 6.51. The summed E-state index contributed by atoms with van der Waals surface area (Å²) < 4.78 is 39.8. The van der Waals surface area contributed by atoms with Gasteiger partial charge in [0.05, 0.1) is 36.2 Å². The number of pyridine rings is 3. The Morgan fingerprint density at radius 3 is 2.54 bits per heavy atom. The number of halogens is 2. The summed E-state index contributed by atoms with van der Waals surface area (Å²) in [7, 11) is 1.53. The first kappa shape index (κ1) is 26.0. The van der Waals surface area contributed by atoms with E-state index in [0.29, 0.717) is 34.0 Å². The molecular weight excluding hydrogens is 504 g/mol. The van der Waals surface area contributed by atoms with Gasteiger partial charge in [-0.25, -0.2) is 13.8 Å². The van der Waals surface area contributed by atoms with Crippen LogP contribution in [-0.4, -0.2) is 31.8 Å². The molecule has 0 amide bonds. The molecule has 0 saturated heterocycles. The Bertz CT molecular complexity index is 1730. The Labute approximate surface area is 223 Å². The quantitative estimate of drug-likeness (QED) is 0.277. The standard InChI is InChI=1S/C29H27F2N5O3/c1-16-13-32-35-26(16)21-11-17(2)34-27-19(21)7-5-9-24(27)39-15-22-23(33-18(3)12-25(22)38-4)14-36-10-6-8-20(28(30)31)29(36)37/h5-13,28H,14-15H2,1-4H3,(H,32,35). The van der Waals surface area contributed by atoms with Gasteiger partial charge in [-0.1, -0.05) is 12.1 Å². The van der Waals surface area contributed by atoms with Gasteiger partial charge in [0.1, 0.15) is 23.6 Å². The molecule has 10 heteroatoms. The number of aryl methyl sites for hydroxylation is 3. The summed E-state index contributed by atoms with van der Waals surface area (Å²) in [5, 5.41) is 8.21. The molecule has 0 aliphatic carbocycles. The molecule has 0 bridgehead atoms. The molecule has 5 aromatic rings. The van der Waals surface area contributed by atoms with Gasteiger partial charge < -0.3 is 14.0 Å².